The molecule has 0 unspecified atom stereocenters. The minimum Gasteiger partial charge on any atom is -0.443 e. The topological polar surface area (TPSA) is 97.5 Å². The molecule has 2 aromatic rings. The Labute approximate surface area is 226 Å². The van der Waals surface area contributed by atoms with Gasteiger partial charge >= 0.3 is 6.09 Å². The Morgan fingerprint density at radius 2 is 1.51 bits per heavy atom. The van der Waals surface area contributed by atoms with Gasteiger partial charge in [-0.05, 0) is 64.2 Å². The zero-order valence-corrected chi connectivity index (χ0v) is 25.1. The molecule has 8 nitrogen and oxygen atoms in total. The number of rotatable bonds is 9. The van der Waals surface area contributed by atoms with E-state index in [1.54, 1.807) is 11.1 Å². The van der Waals surface area contributed by atoms with Crippen LogP contribution in [0.1, 0.15) is 99.1 Å². The maximum atomic E-state index is 12.1. The summed E-state index contributed by atoms with van der Waals surface area (Å²) < 4.78 is 5.38. The fraction of sp³-hybridized carbons (Fsp3) is 0.655. The molecule has 0 aliphatic rings. The van der Waals surface area contributed by atoms with Crippen molar-refractivity contribution in [1.82, 2.24) is 15.0 Å². The molecule has 0 spiro atoms. The van der Waals surface area contributed by atoms with Gasteiger partial charge in [0.2, 0.25) is 5.95 Å². The lowest BCUT2D eigenvalue weighted by Crippen LogP contribution is -2.36. The molecular formula is C29H52N6O2. The van der Waals surface area contributed by atoms with E-state index in [0.717, 1.165) is 30.9 Å². The van der Waals surface area contributed by atoms with Crippen molar-refractivity contribution in [2.45, 2.75) is 106 Å². The molecule has 0 saturated carbocycles. The van der Waals surface area contributed by atoms with Gasteiger partial charge in [0, 0.05) is 32.5 Å². The summed E-state index contributed by atoms with van der Waals surface area (Å²) in [7, 11) is 2.04. The molecule has 8 heteroatoms. The highest BCUT2D eigenvalue weighted by Crippen LogP contribution is 2.21. The van der Waals surface area contributed by atoms with Gasteiger partial charge in [0.25, 0.3) is 0 Å². The average molecular weight is 517 g/mol. The Morgan fingerprint density at radius 3 is 1.95 bits per heavy atom. The lowest BCUT2D eigenvalue weighted by molar-refractivity contribution is 0.0582. The highest BCUT2D eigenvalue weighted by Gasteiger charge is 2.22. The first-order chi connectivity index (χ1) is 17.5. The molecule has 0 aliphatic carbocycles. The number of ether oxygens (including phenoxy) is 1. The summed E-state index contributed by atoms with van der Waals surface area (Å²) in [4.78, 5) is 28.5. The smallest absolute Gasteiger partial charge is 0.414 e. The number of aromatic nitrogens is 3. The normalized spacial score (nSPS) is 10.4. The quantitative estimate of drug-likeness (QED) is 0.380. The molecule has 0 aliphatic heterocycles. The number of nitrogen functional groups attached to an aromatic ring is 1. The molecule has 210 valence electrons. The summed E-state index contributed by atoms with van der Waals surface area (Å²) in [6, 6.07) is 1.88. The lowest BCUT2D eigenvalue weighted by Gasteiger charge is -2.26. The van der Waals surface area contributed by atoms with Gasteiger partial charge in [-0.2, -0.15) is 0 Å². The second-order valence-corrected chi connectivity index (χ2v) is 9.84. The number of carbonyl (C=O) groups excluding carboxylic acids is 1. The summed E-state index contributed by atoms with van der Waals surface area (Å²) in [5.41, 5.74) is 8.09. The zero-order valence-electron chi connectivity index (χ0n) is 25.1. The van der Waals surface area contributed by atoms with E-state index < -0.39 is 5.60 Å². The average Bonchev–Trinajstić information content (AvgIpc) is 2.88. The first-order valence-corrected chi connectivity index (χ1v) is 13.7. The second-order valence-electron chi connectivity index (χ2n) is 9.84. The van der Waals surface area contributed by atoms with Gasteiger partial charge in [0.15, 0.2) is 0 Å². The van der Waals surface area contributed by atoms with Crippen LogP contribution in [0.15, 0.2) is 24.7 Å². The van der Waals surface area contributed by atoms with Crippen molar-refractivity contribution in [3.63, 3.8) is 0 Å². The maximum absolute atomic E-state index is 12.1. The van der Waals surface area contributed by atoms with E-state index in [1.807, 2.05) is 60.1 Å². The number of pyridine rings is 1. The van der Waals surface area contributed by atoms with Crippen molar-refractivity contribution in [2.75, 3.05) is 35.7 Å². The molecule has 0 radical (unpaired) electrons. The predicted molar refractivity (Wildman–Crippen MR) is 157 cm³/mol. The summed E-state index contributed by atoms with van der Waals surface area (Å²) in [5, 5.41) is 0. The van der Waals surface area contributed by atoms with E-state index in [2.05, 4.69) is 47.5 Å². The summed E-state index contributed by atoms with van der Waals surface area (Å²) in [6.07, 6.45) is 11.9. The fourth-order valence-corrected chi connectivity index (χ4v) is 2.90. The molecule has 2 heterocycles. The molecule has 0 saturated heterocycles. The number of hydrogen-bond acceptors (Lipinski definition) is 7. The number of aryl methyl sites for hydroxylation is 2. The van der Waals surface area contributed by atoms with E-state index in [9.17, 15) is 4.79 Å². The van der Waals surface area contributed by atoms with Gasteiger partial charge < -0.3 is 15.4 Å². The van der Waals surface area contributed by atoms with Crippen LogP contribution in [0, 0.1) is 0 Å². The number of carbonyl (C=O) groups is 1. The molecule has 2 rings (SSSR count). The van der Waals surface area contributed by atoms with Crippen molar-refractivity contribution in [2.24, 2.45) is 0 Å². The second kappa shape index (κ2) is 18.4. The SMILES string of the molecule is CCCC.CCCCN(C)c1ncc(CC)cn1.CCc1cc(N(CC)C(=O)OC(C)(C)C)cnc1N. The number of nitrogens with zero attached hydrogens (tertiary/aromatic N) is 5. The predicted octanol–water partition coefficient (Wildman–Crippen LogP) is 7.07. The van der Waals surface area contributed by atoms with Crippen LogP contribution in [0.3, 0.4) is 0 Å². The highest BCUT2D eigenvalue weighted by molar-refractivity contribution is 5.87. The van der Waals surface area contributed by atoms with Gasteiger partial charge in [0.05, 0.1) is 11.9 Å². The van der Waals surface area contributed by atoms with Crippen LogP contribution in [0.2, 0.25) is 0 Å². The van der Waals surface area contributed by atoms with Crippen LogP contribution >= 0.6 is 0 Å². The first kappa shape index (κ1) is 34.1. The van der Waals surface area contributed by atoms with Gasteiger partial charge in [-0.3, -0.25) is 4.90 Å². The molecule has 0 fully saturated rings. The summed E-state index contributed by atoms with van der Waals surface area (Å²) in [6.45, 7) is 19.6. The minimum absolute atomic E-state index is 0.372. The van der Waals surface area contributed by atoms with Crippen molar-refractivity contribution in [3.8, 4) is 0 Å². The summed E-state index contributed by atoms with van der Waals surface area (Å²) >= 11 is 0. The molecule has 0 atom stereocenters. The molecule has 2 N–H and O–H groups in total. The van der Waals surface area contributed by atoms with E-state index in [0.29, 0.717) is 18.1 Å². The molecule has 37 heavy (non-hydrogen) atoms. The van der Waals surface area contributed by atoms with Crippen LogP contribution in [0.25, 0.3) is 0 Å². The Bertz CT molecular complexity index is 879. The Balaban J connectivity index is 0.000000632. The molecule has 0 aromatic carbocycles. The van der Waals surface area contributed by atoms with Crippen molar-refractivity contribution < 1.29 is 9.53 Å². The Kier molecular flexibility index (Phi) is 16.9. The highest BCUT2D eigenvalue weighted by atomic mass is 16.6. The third-order valence-corrected chi connectivity index (χ3v) is 5.40. The number of anilines is 3. The molecular weight excluding hydrogens is 464 g/mol. The van der Waals surface area contributed by atoms with Crippen molar-refractivity contribution >= 4 is 23.5 Å². The maximum Gasteiger partial charge on any atom is 0.414 e. The number of unbranched alkanes of at least 4 members (excludes halogenated alkanes) is 2. The monoisotopic (exact) mass is 516 g/mol. The first-order valence-electron chi connectivity index (χ1n) is 13.7. The largest absolute Gasteiger partial charge is 0.443 e. The van der Waals surface area contributed by atoms with E-state index in [-0.39, 0.29) is 6.09 Å². The standard InChI is InChI=1S/C14H23N3O2.C11H19N3.C4H10/c1-6-10-8-11(9-16-12(10)15)17(7-2)13(18)19-14(3,4)5;1-4-6-7-14(3)11-12-8-10(5-2)9-13-11;1-3-4-2/h8-9H,6-7H2,1-5H3,(H2,15,16);8-9H,4-7H2,1-3H3;3-4H2,1-2H3. The molecule has 0 bridgehead atoms. The van der Waals surface area contributed by atoms with Crippen LogP contribution < -0.4 is 15.5 Å². The third-order valence-electron chi connectivity index (χ3n) is 5.40. The van der Waals surface area contributed by atoms with Crippen LogP contribution in [0.4, 0.5) is 22.2 Å². The number of nitrogens with two attached hydrogens (primary N) is 1. The van der Waals surface area contributed by atoms with Gasteiger partial charge in [-0.1, -0.05) is 53.9 Å². The van der Waals surface area contributed by atoms with E-state index in [1.165, 1.54) is 31.2 Å². The van der Waals surface area contributed by atoms with Crippen LogP contribution in [-0.4, -0.2) is 46.8 Å². The van der Waals surface area contributed by atoms with Gasteiger partial charge in [-0.15, -0.1) is 0 Å². The van der Waals surface area contributed by atoms with Crippen molar-refractivity contribution in [1.29, 1.82) is 0 Å². The number of hydrogen-bond donors (Lipinski definition) is 1. The van der Waals surface area contributed by atoms with Crippen molar-refractivity contribution in [3.05, 3.63) is 35.8 Å². The van der Waals surface area contributed by atoms with E-state index in [4.69, 9.17) is 10.5 Å². The minimum atomic E-state index is -0.515. The Morgan fingerprint density at radius 1 is 0.919 bits per heavy atom. The third kappa shape index (κ3) is 13.8. The molecule has 1 amide bonds. The zero-order chi connectivity index (χ0) is 28.4. The Hall–Kier alpha value is -2.90. The van der Waals surface area contributed by atoms with E-state index >= 15 is 0 Å². The van der Waals surface area contributed by atoms with Crippen LogP contribution in [-0.2, 0) is 17.6 Å². The fourth-order valence-electron chi connectivity index (χ4n) is 2.90. The lowest BCUT2D eigenvalue weighted by atomic mass is 10.2. The van der Waals surface area contributed by atoms with Gasteiger partial charge in [-0.25, -0.2) is 19.7 Å². The number of amides is 1. The van der Waals surface area contributed by atoms with Crippen LogP contribution in [0.5, 0.6) is 0 Å². The molecule has 2 aromatic heterocycles. The summed E-state index contributed by atoms with van der Waals surface area (Å²) in [5.74, 6) is 1.34. The van der Waals surface area contributed by atoms with Gasteiger partial charge in [0.1, 0.15) is 11.4 Å².